The third kappa shape index (κ3) is 4.75. The largest absolute Gasteiger partial charge is 0.455 e. The molecule has 4 nitrogen and oxygen atoms in total. The van der Waals surface area contributed by atoms with Gasteiger partial charge in [-0.2, -0.15) is 0 Å². The van der Waals surface area contributed by atoms with Crippen LogP contribution < -0.4 is 0 Å². The highest BCUT2D eigenvalue weighted by molar-refractivity contribution is 6.20. The minimum Gasteiger partial charge on any atom is -0.455 e. The van der Waals surface area contributed by atoms with E-state index in [0.717, 1.165) is 71.7 Å². The van der Waals surface area contributed by atoms with E-state index in [0.29, 0.717) is 17.5 Å². The van der Waals surface area contributed by atoms with E-state index < -0.39 is 0 Å². The fourth-order valence-electron chi connectivity index (χ4n) is 6.44. The van der Waals surface area contributed by atoms with Gasteiger partial charge in [0.05, 0.1) is 0 Å². The number of rotatable bonds is 5. The molecule has 0 atom stereocenters. The highest BCUT2D eigenvalue weighted by Gasteiger charge is 2.18. The zero-order chi connectivity index (χ0) is 31.2. The summed E-state index contributed by atoms with van der Waals surface area (Å²) in [7, 11) is 0. The van der Waals surface area contributed by atoms with Gasteiger partial charge in [-0.1, -0.05) is 158 Å². The zero-order valence-corrected chi connectivity index (χ0v) is 25.3. The number of aromatic nitrogens is 3. The van der Waals surface area contributed by atoms with Crippen molar-refractivity contribution in [3.05, 3.63) is 164 Å². The van der Waals surface area contributed by atoms with E-state index in [9.17, 15) is 0 Å². The van der Waals surface area contributed by atoms with Gasteiger partial charge in [-0.05, 0) is 28.1 Å². The van der Waals surface area contributed by atoms with Crippen molar-refractivity contribution >= 4 is 32.7 Å². The summed E-state index contributed by atoms with van der Waals surface area (Å²) >= 11 is 0. The van der Waals surface area contributed by atoms with Crippen LogP contribution in [-0.2, 0) is 0 Å². The molecule has 0 bridgehead atoms. The van der Waals surface area contributed by atoms with E-state index in [1.807, 2.05) is 66.7 Å². The Balaban J connectivity index is 1.19. The van der Waals surface area contributed by atoms with Crippen LogP contribution in [0, 0.1) is 0 Å². The molecular weight excluding hydrogens is 574 g/mol. The monoisotopic (exact) mass is 601 g/mol. The highest BCUT2D eigenvalue weighted by Crippen LogP contribution is 2.42. The van der Waals surface area contributed by atoms with Crippen LogP contribution >= 0.6 is 0 Å². The molecule has 0 amide bonds. The molecule has 0 saturated heterocycles. The molecule has 2 heterocycles. The maximum atomic E-state index is 6.69. The van der Waals surface area contributed by atoms with Gasteiger partial charge in [-0.15, -0.1) is 0 Å². The Morgan fingerprint density at radius 1 is 0.298 bits per heavy atom. The Labute approximate surface area is 271 Å². The average Bonchev–Trinajstić information content (AvgIpc) is 3.55. The Hall–Kier alpha value is -6.39. The van der Waals surface area contributed by atoms with Crippen molar-refractivity contribution in [3.63, 3.8) is 0 Å². The molecule has 7 aromatic carbocycles. The van der Waals surface area contributed by atoms with Gasteiger partial charge in [0.25, 0.3) is 0 Å². The second-order valence-corrected chi connectivity index (χ2v) is 11.6. The van der Waals surface area contributed by atoms with Crippen molar-refractivity contribution in [3.8, 4) is 56.4 Å². The molecule has 0 aliphatic carbocycles. The first-order chi connectivity index (χ1) is 23.3. The van der Waals surface area contributed by atoms with Crippen molar-refractivity contribution < 1.29 is 4.42 Å². The van der Waals surface area contributed by atoms with Crippen LogP contribution in [0.2, 0.25) is 0 Å². The molecule has 0 aliphatic heterocycles. The zero-order valence-electron chi connectivity index (χ0n) is 25.3. The molecule has 9 aromatic rings. The molecule has 0 spiro atoms. The van der Waals surface area contributed by atoms with E-state index in [-0.39, 0.29) is 0 Å². The highest BCUT2D eigenvalue weighted by atomic mass is 16.3. The van der Waals surface area contributed by atoms with Crippen molar-refractivity contribution in [2.45, 2.75) is 0 Å². The maximum Gasteiger partial charge on any atom is 0.164 e. The number of hydrogen-bond donors (Lipinski definition) is 0. The molecular formula is C43H27N3O. The third-order valence-electron chi connectivity index (χ3n) is 8.74. The first-order valence-corrected chi connectivity index (χ1v) is 15.7. The number of hydrogen-bond acceptors (Lipinski definition) is 4. The molecule has 0 saturated carbocycles. The van der Waals surface area contributed by atoms with Crippen LogP contribution in [0.1, 0.15) is 0 Å². The third-order valence-corrected chi connectivity index (χ3v) is 8.74. The summed E-state index contributed by atoms with van der Waals surface area (Å²) in [6.45, 7) is 0. The van der Waals surface area contributed by atoms with Gasteiger partial charge in [0.1, 0.15) is 11.2 Å². The van der Waals surface area contributed by atoms with E-state index in [4.69, 9.17) is 19.4 Å². The second kappa shape index (κ2) is 11.2. The van der Waals surface area contributed by atoms with Crippen LogP contribution in [0.15, 0.2) is 168 Å². The molecule has 0 aliphatic rings. The van der Waals surface area contributed by atoms with Crippen LogP contribution in [0.4, 0.5) is 0 Å². The summed E-state index contributed by atoms with van der Waals surface area (Å²) in [5.74, 6) is 1.94. The van der Waals surface area contributed by atoms with E-state index >= 15 is 0 Å². The Bertz CT molecular complexity index is 2480. The molecule has 0 radical (unpaired) electrons. The van der Waals surface area contributed by atoms with Crippen LogP contribution in [0.3, 0.4) is 0 Å². The van der Waals surface area contributed by atoms with Crippen LogP contribution in [0.25, 0.3) is 89.1 Å². The Morgan fingerprint density at radius 2 is 0.723 bits per heavy atom. The standard InChI is InChI=1S/C43H27N3O/c1-4-13-28(14-5-1)33-21-12-22-36-38-27-37(34-19-10-11-20-35(34)40(38)47-39(33)36)29-23-25-32(26-24-29)43-45-41(30-15-6-2-7-16-30)44-42(46-43)31-17-8-3-9-18-31/h1-27H. The number of furan rings is 1. The van der Waals surface area contributed by atoms with Crippen LogP contribution in [-0.4, -0.2) is 15.0 Å². The lowest BCUT2D eigenvalue weighted by Gasteiger charge is -2.10. The van der Waals surface area contributed by atoms with Gasteiger partial charge in [-0.3, -0.25) is 0 Å². The topological polar surface area (TPSA) is 51.8 Å². The van der Waals surface area contributed by atoms with E-state index in [2.05, 4.69) is 97.1 Å². The normalized spacial score (nSPS) is 11.4. The summed E-state index contributed by atoms with van der Waals surface area (Å²) in [6.07, 6.45) is 0. The number of para-hydroxylation sites is 1. The van der Waals surface area contributed by atoms with E-state index in [1.54, 1.807) is 0 Å². The Morgan fingerprint density at radius 3 is 1.32 bits per heavy atom. The van der Waals surface area contributed by atoms with Gasteiger partial charge in [0.15, 0.2) is 17.5 Å². The van der Waals surface area contributed by atoms with Gasteiger partial charge in [0, 0.05) is 38.4 Å². The summed E-state index contributed by atoms with van der Waals surface area (Å²) in [5.41, 5.74) is 9.14. The molecule has 4 heteroatoms. The maximum absolute atomic E-state index is 6.69. The van der Waals surface area contributed by atoms with Gasteiger partial charge < -0.3 is 4.42 Å². The summed E-state index contributed by atoms with van der Waals surface area (Å²) in [5, 5.41) is 4.45. The molecule has 2 aromatic heterocycles. The molecule has 0 fully saturated rings. The number of nitrogens with zero attached hydrogens (tertiary/aromatic N) is 3. The Kier molecular flexibility index (Phi) is 6.43. The van der Waals surface area contributed by atoms with Gasteiger partial charge in [0.2, 0.25) is 0 Å². The molecule has 0 N–H and O–H groups in total. The lowest BCUT2D eigenvalue weighted by Crippen LogP contribution is -2.00. The lowest BCUT2D eigenvalue weighted by molar-refractivity contribution is 0.674. The summed E-state index contributed by atoms with van der Waals surface area (Å²) < 4.78 is 6.69. The quantitative estimate of drug-likeness (QED) is 0.197. The van der Waals surface area contributed by atoms with Crippen molar-refractivity contribution in [1.82, 2.24) is 15.0 Å². The van der Waals surface area contributed by atoms with Crippen LogP contribution in [0.5, 0.6) is 0 Å². The van der Waals surface area contributed by atoms with Gasteiger partial charge >= 0.3 is 0 Å². The fraction of sp³-hybridized carbons (Fsp3) is 0. The van der Waals surface area contributed by atoms with E-state index in [1.165, 1.54) is 0 Å². The van der Waals surface area contributed by atoms with Crippen molar-refractivity contribution in [2.24, 2.45) is 0 Å². The predicted molar refractivity (Wildman–Crippen MR) is 192 cm³/mol. The fourth-order valence-corrected chi connectivity index (χ4v) is 6.44. The minimum atomic E-state index is 0.638. The lowest BCUT2D eigenvalue weighted by atomic mass is 9.94. The van der Waals surface area contributed by atoms with Crippen molar-refractivity contribution in [2.75, 3.05) is 0 Å². The smallest absolute Gasteiger partial charge is 0.164 e. The predicted octanol–water partition coefficient (Wildman–Crippen LogP) is 11.3. The number of benzene rings is 7. The minimum absolute atomic E-state index is 0.638. The molecule has 0 unspecified atom stereocenters. The number of fused-ring (bicyclic) bond motifs is 5. The first-order valence-electron chi connectivity index (χ1n) is 15.7. The second-order valence-electron chi connectivity index (χ2n) is 11.6. The van der Waals surface area contributed by atoms with Gasteiger partial charge in [-0.25, -0.2) is 15.0 Å². The first kappa shape index (κ1) is 27.0. The average molecular weight is 602 g/mol. The molecule has 220 valence electrons. The summed E-state index contributed by atoms with van der Waals surface area (Å²) in [6, 6.07) is 56.3. The molecule has 47 heavy (non-hydrogen) atoms. The summed E-state index contributed by atoms with van der Waals surface area (Å²) in [4.78, 5) is 14.7. The molecule has 9 rings (SSSR count). The van der Waals surface area contributed by atoms with Crippen molar-refractivity contribution in [1.29, 1.82) is 0 Å². The SMILES string of the molecule is c1ccc(-c2nc(-c3ccccc3)nc(-c3ccc(-c4cc5c6cccc(-c7ccccc7)c6oc5c5ccccc45)cc3)n2)cc1.